The highest BCUT2D eigenvalue weighted by atomic mass is 16.6. The number of nitrogens with one attached hydrogen (secondary N) is 1. The molecule has 0 fully saturated rings. The Balaban J connectivity index is 2.36. The van der Waals surface area contributed by atoms with Crippen LogP contribution < -0.4 is 5.56 Å². The highest BCUT2D eigenvalue weighted by Crippen LogP contribution is 2.17. The second-order valence-electron chi connectivity index (χ2n) is 3.92. The average molecular weight is 274 g/mol. The molecule has 0 aliphatic heterocycles. The molecule has 2 aromatic rings. The quantitative estimate of drug-likeness (QED) is 0.641. The van der Waals surface area contributed by atoms with Crippen molar-refractivity contribution in [2.75, 3.05) is 0 Å². The van der Waals surface area contributed by atoms with Gasteiger partial charge in [0.1, 0.15) is 5.82 Å². The zero-order valence-corrected chi connectivity index (χ0v) is 10.4. The number of aromatic nitrogens is 3. The van der Waals surface area contributed by atoms with Gasteiger partial charge in [0.15, 0.2) is 0 Å². The maximum Gasteiger partial charge on any atom is 0.395 e. The third-order valence-corrected chi connectivity index (χ3v) is 2.40. The van der Waals surface area contributed by atoms with Crippen LogP contribution in [0.1, 0.15) is 17.2 Å². The van der Waals surface area contributed by atoms with Gasteiger partial charge in [-0.05, 0) is 31.2 Å². The van der Waals surface area contributed by atoms with Crippen LogP contribution in [0.5, 0.6) is 5.88 Å². The van der Waals surface area contributed by atoms with Gasteiger partial charge in [-0.3, -0.25) is 19.9 Å². The molecule has 2 N–H and O–H groups in total. The zero-order valence-electron chi connectivity index (χ0n) is 10.4. The first-order chi connectivity index (χ1) is 9.47. The molecule has 2 heterocycles. The van der Waals surface area contributed by atoms with Gasteiger partial charge in [-0.1, -0.05) is 6.07 Å². The van der Waals surface area contributed by atoms with Crippen molar-refractivity contribution in [3.8, 4) is 5.88 Å². The predicted molar refractivity (Wildman–Crippen MR) is 71.1 cm³/mol. The van der Waals surface area contributed by atoms with Crippen molar-refractivity contribution in [3.63, 3.8) is 0 Å². The van der Waals surface area contributed by atoms with Crippen molar-refractivity contribution in [3.05, 3.63) is 55.9 Å². The van der Waals surface area contributed by atoms with Gasteiger partial charge in [-0.25, -0.2) is 0 Å². The van der Waals surface area contributed by atoms with Crippen molar-refractivity contribution in [1.82, 2.24) is 15.0 Å². The van der Waals surface area contributed by atoms with Crippen molar-refractivity contribution >= 4 is 17.8 Å². The minimum Gasteiger partial charge on any atom is -0.488 e. The first kappa shape index (κ1) is 13.4. The molecule has 0 saturated carbocycles. The van der Waals surface area contributed by atoms with E-state index in [9.17, 15) is 20.0 Å². The molecule has 0 bridgehead atoms. The lowest BCUT2D eigenvalue weighted by Gasteiger charge is -1.97. The zero-order chi connectivity index (χ0) is 14.7. The Morgan fingerprint density at radius 2 is 2.10 bits per heavy atom. The van der Waals surface area contributed by atoms with E-state index >= 15 is 0 Å². The SMILES string of the molecule is Cc1cccc(/C=C\c2nc(O)c([N+](=O)[O-])c(=O)[nH]2)n1. The second kappa shape index (κ2) is 5.31. The summed E-state index contributed by atoms with van der Waals surface area (Å²) in [6.07, 6.45) is 2.96. The fourth-order valence-electron chi connectivity index (χ4n) is 1.54. The number of H-pyrrole nitrogens is 1. The Kier molecular flexibility index (Phi) is 3.56. The van der Waals surface area contributed by atoms with E-state index in [1.54, 1.807) is 12.1 Å². The maximum absolute atomic E-state index is 11.4. The molecule has 0 unspecified atom stereocenters. The lowest BCUT2D eigenvalue weighted by molar-refractivity contribution is -0.387. The van der Waals surface area contributed by atoms with Crippen molar-refractivity contribution < 1.29 is 10.0 Å². The van der Waals surface area contributed by atoms with Crippen LogP contribution in [0, 0.1) is 17.0 Å². The summed E-state index contributed by atoms with van der Waals surface area (Å²) in [6, 6.07) is 5.38. The van der Waals surface area contributed by atoms with Gasteiger partial charge in [0.25, 0.3) is 5.88 Å². The number of rotatable bonds is 3. The number of aromatic hydroxyl groups is 1. The van der Waals surface area contributed by atoms with E-state index in [0.29, 0.717) is 5.69 Å². The highest BCUT2D eigenvalue weighted by Gasteiger charge is 2.21. The standard InChI is InChI=1S/C12H10N4O4/c1-7-3-2-4-8(13-7)5-6-9-14-11(17)10(16(19)20)12(18)15-9/h2-6H,1H3,(H2,14,15,17,18)/b6-5-. The van der Waals surface area contributed by atoms with Crippen LogP contribution in [-0.4, -0.2) is 25.0 Å². The van der Waals surface area contributed by atoms with Crippen LogP contribution in [-0.2, 0) is 0 Å². The maximum atomic E-state index is 11.4. The van der Waals surface area contributed by atoms with Crippen LogP contribution in [0.25, 0.3) is 12.2 Å². The van der Waals surface area contributed by atoms with Crippen molar-refractivity contribution in [2.24, 2.45) is 0 Å². The third-order valence-electron chi connectivity index (χ3n) is 2.40. The normalized spacial score (nSPS) is 10.8. The molecule has 2 rings (SSSR count). The number of aromatic amines is 1. The lowest BCUT2D eigenvalue weighted by atomic mass is 10.3. The van der Waals surface area contributed by atoms with Gasteiger partial charge in [-0.15, -0.1) is 0 Å². The number of hydrogen-bond acceptors (Lipinski definition) is 6. The first-order valence-corrected chi connectivity index (χ1v) is 5.57. The van der Waals surface area contributed by atoms with Crippen LogP contribution in [0.4, 0.5) is 5.69 Å². The topological polar surface area (TPSA) is 122 Å². The van der Waals surface area contributed by atoms with E-state index in [4.69, 9.17) is 0 Å². The Morgan fingerprint density at radius 3 is 2.70 bits per heavy atom. The Morgan fingerprint density at radius 1 is 1.35 bits per heavy atom. The van der Waals surface area contributed by atoms with Crippen LogP contribution in [0.3, 0.4) is 0 Å². The average Bonchev–Trinajstić information content (AvgIpc) is 2.35. The van der Waals surface area contributed by atoms with Crippen LogP contribution in [0.2, 0.25) is 0 Å². The Hall–Kier alpha value is -3.03. The van der Waals surface area contributed by atoms with Crippen LogP contribution in [0.15, 0.2) is 23.0 Å². The van der Waals surface area contributed by atoms with E-state index in [2.05, 4.69) is 15.0 Å². The molecule has 0 aliphatic carbocycles. The summed E-state index contributed by atoms with van der Waals surface area (Å²) < 4.78 is 0. The summed E-state index contributed by atoms with van der Waals surface area (Å²) in [5.74, 6) is -0.919. The molecule has 0 radical (unpaired) electrons. The van der Waals surface area contributed by atoms with Gasteiger partial charge >= 0.3 is 11.2 Å². The number of nitro groups is 1. The molecule has 0 amide bonds. The molecule has 0 aromatic carbocycles. The van der Waals surface area contributed by atoms with E-state index in [1.807, 2.05) is 19.1 Å². The van der Waals surface area contributed by atoms with E-state index in [-0.39, 0.29) is 5.82 Å². The molecule has 0 aliphatic rings. The fourth-order valence-corrected chi connectivity index (χ4v) is 1.54. The number of pyridine rings is 1. The molecular formula is C12H10N4O4. The van der Waals surface area contributed by atoms with Gasteiger partial charge in [-0.2, -0.15) is 4.98 Å². The summed E-state index contributed by atoms with van der Waals surface area (Å²) in [5, 5.41) is 19.9. The van der Waals surface area contributed by atoms with Gasteiger partial charge in [0.05, 0.1) is 10.6 Å². The number of aryl methyl sites for hydroxylation is 1. The van der Waals surface area contributed by atoms with Crippen molar-refractivity contribution in [1.29, 1.82) is 0 Å². The van der Waals surface area contributed by atoms with Gasteiger partial charge in [0.2, 0.25) is 0 Å². The largest absolute Gasteiger partial charge is 0.488 e. The summed E-state index contributed by atoms with van der Waals surface area (Å²) in [7, 11) is 0. The van der Waals surface area contributed by atoms with E-state index in [0.717, 1.165) is 5.69 Å². The predicted octanol–water partition coefficient (Wildman–Crippen LogP) is 1.26. The van der Waals surface area contributed by atoms with Gasteiger partial charge in [0, 0.05) is 5.69 Å². The minimum absolute atomic E-state index is 0.00130. The summed E-state index contributed by atoms with van der Waals surface area (Å²) in [4.78, 5) is 30.9. The van der Waals surface area contributed by atoms with Crippen molar-refractivity contribution in [2.45, 2.75) is 6.92 Å². The lowest BCUT2D eigenvalue weighted by Crippen LogP contribution is -2.14. The highest BCUT2D eigenvalue weighted by molar-refractivity contribution is 5.65. The molecule has 102 valence electrons. The van der Waals surface area contributed by atoms with Gasteiger partial charge < -0.3 is 10.1 Å². The van der Waals surface area contributed by atoms with Crippen LogP contribution >= 0.6 is 0 Å². The molecule has 20 heavy (non-hydrogen) atoms. The number of hydrogen-bond donors (Lipinski definition) is 2. The monoisotopic (exact) mass is 274 g/mol. The molecule has 8 nitrogen and oxygen atoms in total. The molecule has 2 aromatic heterocycles. The minimum atomic E-state index is -1.01. The third kappa shape index (κ3) is 2.86. The van der Waals surface area contributed by atoms with E-state index in [1.165, 1.54) is 6.08 Å². The fraction of sp³-hybridized carbons (Fsp3) is 0.0833. The number of nitrogens with zero attached hydrogens (tertiary/aromatic N) is 3. The first-order valence-electron chi connectivity index (χ1n) is 5.57. The summed E-state index contributed by atoms with van der Waals surface area (Å²) in [6.45, 7) is 1.83. The summed E-state index contributed by atoms with van der Waals surface area (Å²) in [5.41, 5.74) is -0.541. The molecule has 0 spiro atoms. The molecule has 0 atom stereocenters. The Labute approximate surface area is 112 Å². The van der Waals surface area contributed by atoms with E-state index < -0.39 is 22.0 Å². The second-order valence-corrected chi connectivity index (χ2v) is 3.92. The molecular weight excluding hydrogens is 264 g/mol. The summed E-state index contributed by atoms with van der Waals surface area (Å²) >= 11 is 0. The smallest absolute Gasteiger partial charge is 0.395 e. The Bertz CT molecular complexity index is 751. The molecule has 0 saturated heterocycles. The molecule has 8 heteroatoms.